The highest BCUT2D eigenvalue weighted by molar-refractivity contribution is 5.97. The van der Waals surface area contributed by atoms with Crippen LogP contribution in [0, 0.1) is 0 Å². The van der Waals surface area contributed by atoms with Gasteiger partial charge in [-0.05, 0) is 36.6 Å². The molecule has 0 saturated heterocycles. The van der Waals surface area contributed by atoms with Gasteiger partial charge < -0.3 is 15.2 Å². The lowest BCUT2D eigenvalue weighted by Crippen LogP contribution is -2.40. The maximum atomic E-state index is 12.3. The van der Waals surface area contributed by atoms with E-state index >= 15 is 0 Å². The predicted octanol–water partition coefficient (Wildman–Crippen LogP) is 3.05. The van der Waals surface area contributed by atoms with E-state index in [1.165, 1.54) is 6.08 Å². The van der Waals surface area contributed by atoms with Crippen molar-refractivity contribution in [2.24, 2.45) is 0 Å². The number of hydrogen-bond acceptors (Lipinski definition) is 4. The smallest absolute Gasteiger partial charge is 0.330 e. The standard InChI is InChI=1S/C21H21NO5/c1-2-27-19(23)10-6-9-18(21(25)26)22-20(24)17-13-11-16(12-14-17)15-7-4-3-5-8-15/h3-8,10-14,18H,2,9H2,1H3,(H,22,24)(H,25,26)/b10-6+/t18-/m1/s1. The number of amides is 1. The molecule has 0 saturated carbocycles. The van der Waals surface area contributed by atoms with Gasteiger partial charge in [-0.3, -0.25) is 4.79 Å². The Morgan fingerprint density at radius 1 is 1.04 bits per heavy atom. The molecular weight excluding hydrogens is 346 g/mol. The van der Waals surface area contributed by atoms with Crippen LogP contribution in [0.4, 0.5) is 0 Å². The Balaban J connectivity index is 2.00. The van der Waals surface area contributed by atoms with E-state index in [9.17, 15) is 19.5 Å². The molecule has 0 fully saturated rings. The Kier molecular flexibility index (Phi) is 7.31. The first-order valence-corrected chi connectivity index (χ1v) is 8.53. The third kappa shape index (κ3) is 6.11. The van der Waals surface area contributed by atoms with Crippen molar-refractivity contribution in [1.82, 2.24) is 5.32 Å². The number of esters is 1. The zero-order valence-electron chi connectivity index (χ0n) is 14.9. The highest BCUT2D eigenvalue weighted by Crippen LogP contribution is 2.19. The first-order valence-electron chi connectivity index (χ1n) is 8.53. The molecule has 27 heavy (non-hydrogen) atoms. The number of benzene rings is 2. The summed E-state index contributed by atoms with van der Waals surface area (Å²) in [7, 11) is 0. The van der Waals surface area contributed by atoms with Crippen molar-refractivity contribution in [3.63, 3.8) is 0 Å². The van der Waals surface area contributed by atoms with Crippen LogP contribution in [0.5, 0.6) is 0 Å². The van der Waals surface area contributed by atoms with Gasteiger partial charge in [0, 0.05) is 11.6 Å². The number of carbonyl (C=O) groups excluding carboxylic acids is 2. The third-order valence-electron chi connectivity index (χ3n) is 3.77. The summed E-state index contributed by atoms with van der Waals surface area (Å²) in [5.41, 5.74) is 2.34. The van der Waals surface area contributed by atoms with Crippen molar-refractivity contribution >= 4 is 17.8 Å². The molecule has 1 amide bonds. The van der Waals surface area contributed by atoms with E-state index in [1.54, 1.807) is 31.2 Å². The molecule has 0 aromatic heterocycles. The molecule has 6 nitrogen and oxygen atoms in total. The van der Waals surface area contributed by atoms with Gasteiger partial charge >= 0.3 is 11.9 Å². The SMILES string of the molecule is CCOC(=O)/C=C/C[C@@H](NC(=O)c1ccc(-c2ccccc2)cc1)C(=O)O. The zero-order valence-corrected chi connectivity index (χ0v) is 14.9. The van der Waals surface area contributed by atoms with Gasteiger partial charge in [0.25, 0.3) is 5.91 Å². The van der Waals surface area contributed by atoms with Crippen LogP contribution in [-0.4, -0.2) is 35.6 Å². The summed E-state index contributed by atoms with van der Waals surface area (Å²) < 4.78 is 4.72. The van der Waals surface area contributed by atoms with E-state index in [4.69, 9.17) is 4.74 Å². The van der Waals surface area contributed by atoms with Crippen molar-refractivity contribution in [1.29, 1.82) is 0 Å². The molecule has 0 spiro atoms. The Morgan fingerprint density at radius 2 is 1.67 bits per heavy atom. The minimum absolute atomic E-state index is 0.0258. The lowest BCUT2D eigenvalue weighted by molar-refractivity contribution is -0.139. The number of hydrogen-bond donors (Lipinski definition) is 2. The first kappa shape index (κ1) is 19.9. The van der Waals surface area contributed by atoms with E-state index in [0.29, 0.717) is 5.56 Å². The highest BCUT2D eigenvalue weighted by atomic mass is 16.5. The zero-order chi connectivity index (χ0) is 19.6. The Morgan fingerprint density at radius 3 is 2.26 bits per heavy atom. The predicted molar refractivity (Wildman–Crippen MR) is 101 cm³/mol. The van der Waals surface area contributed by atoms with E-state index in [0.717, 1.165) is 17.2 Å². The fraction of sp³-hybridized carbons (Fsp3) is 0.190. The topological polar surface area (TPSA) is 92.7 Å². The second-order valence-electron chi connectivity index (χ2n) is 5.70. The number of aliphatic carboxylic acids is 1. The number of carboxylic acids is 1. The van der Waals surface area contributed by atoms with Crippen molar-refractivity contribution in [2.45, 2.75) is 19.4 Å². The van der Waals surface area contributed by atoms with Crippen molar-refractivity contribution < 1.29 is 24.2 Å². The Hall–Kier alpha value is -3.41. The Labute approximate surface area is 157 Å². The van der Waals surface area contributed by atoms with Crippen LogP contribution in [0.1, 0.15) is 23.7 Å². The van der Waals surface area contributed by atoms with Crippen LogP contribution in [0.25, 0.3) is 11.1 Å². The summed E-state index contributed by atoms with van der Waals surface area (Å²) in [4.78, 5) is 34.9. The number of nitrogens with one attached hydrogen (secondary N) is 1. The molecule has 0 aliphatic heterocycles. The molecular formula is C21H21NO5. The van der Waals surface area contributed by atoms with Gasteiger partial charge in [-0.1, -0.05) is 48.5 Å². The minimum atomic E-state index is -1.18. The lowest BCUT2D eigenvalue weighted by Gasteiger charge is -2.13. The van der Waals surface area contributed by atoms with E-state index in [1.807, 2.05) is 30.3 Å². The molecule has 2 aromatic rings. The summed E-state index contributed by atoms with van der Waals surface area (Å²) in [6, 6.07) is 15.5. The van der Waals surface area contributed by atoms with Crippen LogP contribution in [-0.2, 0) is 14.3 Å². The molecule has 140 valence electrons. The fourth-order valence-corrected chi connectivity index (χ4v) is 2.40. The summed E-state index contributed by atoms with van der Waals surface area (Å²) in [6.45, 7) is 1.91. The lowest BCUT2D eigenvalue weighted by atomic mass is 10.0. The van der Waals surface area contributed by atoms with Crippen molar-refractivity contribution in [3.8, 4) is 11.1 Å². The summed E-state index contributed by atoms with van der Waals surface area (Å²) in [5.74, 6) is -2.23. The van der Waals surface area contributed by atoms with Crippen molar-refractivity contribution in [3.05, 3.63) is 72.3 Å². The summed E-state index contributed by atoms with van der Waals surface area (Å²) in [5, 5.41) is 11.7. The van der Waals surface area contributed by atoms with Gasteiger partial charge in [0.2, 0.25) is 0 Å². The van der Waals surface area contributed by atoms with Gasteiger partial charge in [-0.25, -0.2) is 9.59 Å². The van der Waals surface area contributed by atoms with Gasteiger partial charge in [0.1, 0.15) is 6.04 Å². The normalized spacial score (nSPS) is 11.7. The highest BCUT2D eigenvalue weighted by Gasteiger charge is 2.19. The number of rotatable bonds is 8. The number of ether oxygens (including phenoxy) is 1. The molecule has 0 unspecified atom stereocenters. The molecule has 6 heteroatoms. The average Bonchev–Trinajstić information content (AvgIpc) is 2.68. The van der Waals surface area contributed by atoms with E-state index in [-0.39, 0.29) is 13.0 Å². The molecule has 2 N–H and O–H groups in total. The molecule has 0 bridgehead atoms. The number of carbonyl (C=O) groups is 3. The summed E-state index contributed by atoms with van der Waals surface area (Å²) in [6.07, 6.45) is 2.50. The van der Waals surface area contributed by atoms with Crippen molar-refractivity contribution in [2.75, 3.05) is 6.61 Å². The summed E-state index contributed by atoms with van der Waals surface area (Å²) >= 11 is 0. The second-order valence-corrected chi connectivity index (χ2v) is 5.70. The molecule has 0 heterocycles. The third-order valence-corrected chi connectivity index (χ3v) is 3.77. The van der Waals surface area contributed by atoms with E-state index in [2.05, 4.69) is 5.32 Å². The second kappa shape index (κ2) is 9.91. The van der Waals surface area contributed by atoms with Crippen LogP contribution in [0.15, 0.2) is 66.7 Å². The molecule has 0 aliphatic carbocycles. The first-order chi connectivity index (χ1) is 13.0. The van der Waals surface area contributed by atoms with Crippen LogP contribution < -0.4 is 5.32 Å². The molecule has 2 aromatic carbocycles. The van der Waals surface area contributed by atoms with Gasteiger partial charge in [-0.15, -0.1) is 0 Å². The minimum Gasteiger partial charge on any atom is -0.480 e. The van der Waals surface area contributed by atoms with Crippen LogP contribution in [0.2, 0.25) is 0 Å². The molecule has 0 radical (unpaired) electrons. The van der Waals surface area contributed by atoms with E-state index < -0.39 is 23.9 Å². The van der Waals surface area contributed by atoms with Gasteiger partial charge in [-0.2, -0.15) is 0 Å². The number of carboxylic acid groups (broad SMARTS) is 1. The monoisotopic (exact) mass is 367 g/mol. The van der Waals surface area contributed by atoms with Gasteiger partial charge in [0.05, 0.1) is 6.61 Å². The van der Waals surface area contributed by atoms with Gasteiger partial charge in [0.15, 0.2) is 0 Å². The maximum absolute atomic E-state index is 12.3. The molecule has 1 atom stereocenters. The fourth-order valence-electron chi connectivity index (χ4n) is 2.40. The largest absolute Gasteiger partial charge is 0.480 e. The maximum Gasteiger partial charge on any atom is 0.330 e. The van der Waals surface area contributed by atoms with Crippen LogP contribution >= 0.6 is 0 Å². The molecule has 2 rings (SSSR count). The average molecular weight is 367 g/mol. The van der Waals surface area contributed by atoms with Crippen LogP contribution in [0.3, 0.4) is 0 Å². The molecule has 0 aliphatic rings. The Bertz CT molecular complexity index is 812. The quantitative estimate of drug-likeness (QED) is 0.553.